The van der Waals surface area contributed by atoms with E-state index in [2.05, 4.69) is 11.9 Å². The minimum Gasteiger partial charge on any atom is -0.493 e. The van der Waals surface area contributed by atoms with E-state index in [4.69, 9.17) is 21.1 Å². The van der Waals surface area contributed by atoms with Crippen LogP contribution in [0, 0.1) is 6.92 Å². The molecule has 2 rings (SSSR count). The number of benzene rings is 2. The van der Waals surface area contributed by atoms with Crippen LogP contribution >= 0.6 is 11.6 Å². The van der Waals surface area contributed by atoms with Crippen molar-refractivity contribution in [1.82, 2.24) is 4.90 Å². The molecule has 0 saturated heterocycles. The van der Waals surface area contributed by atoms with E-state index in [-0.39, 0.29) is 0 Å². The first-order valence-corrected chi connectivity index (χ1v) is 7.78. The second-order valence-electron chi connectivity index (χ2n) is 5.14. The second kappa shape index (κ2) is 7.88. The normalized spacial score (nSPS) is 10.8. The fraction of sp³-hybridized carbons (Fsp3) is 0.278. The second-order valence-corrected chi connectivity index (χ2v) is 5.55. The molecule has 0 saturated carbocycles. The molecule has 5 heteroatoms. The largest absolute Gasteiger partial charge is 0.493 e. The number of hydrogen-bond donors (Lipinski definition) is 0. The molecule has 0 N–H and O–H groups in total. The first-order valence-electron chi connectivity index (χ1n) is 7.40. The van der Waals surface area contributed by atoms with Crippen LogP contribution in [0.1, 0.15) is 12.5 Å². The highest BCUT2D eigenvalue weighted by Gasteiger charge is 2.11. The third kappa shape index (κ3) is 4.39. The van der Waals surface area contributed by atoms with Gasteiger partial charge in [0.1, 0.15) is 5.75 Å². The van der Waals surface area contributed by atoms with Gasteiger partial charge in [0.05, 0.1) is 24.2 Å². The summed E-state index contributed by atoms with van der Waals surface area (Å²) in [6.45, 7) is 4.95. The number of methoxy groups -OCH3 is 1. The lowest BCUT2D eigenvalue weighted by Crippen LogP contribution is -2.14. The molecule has 0 radical (unpaired) electrons. The van der Waals surface area contributed by atoms with Gasteiger partial charge in [-0.3, -0.25) is 0 Å². The van der Waals surface area contributed by atoms with Gasteiger partial charge in [-0.2, -0.15) is 0 Å². The van der Waals surface area contributed by atoms with E-state index in [1.54, 1.807) is 19.5 Å². The van der Waals surface area contributed by atoms with Gasteiger partial charge in [-0.1, -0.05) is 23.7 Å². The van der Waals surface area contributed by atoms with Crippen LogP contribution in [0.5, 0.6) is 17.2 Å². The number of nitrogens with zero attached hydrogens (tertiary/aromatic N) is 2. The molecule has 0 atom stereocenters. The Morgan fingerprint density at radius 3 is 2.57 bits per heavy atom. The molecule has 2 aromatic carbocycles. The van der Waals surface area contributed by atoms with Gasteiger partial charge < -0.3 is 14.4 Å². The first-order chi connectivity index (χ1) is 11.0. The van der Waals surface area contributed by atoms with Gasteiger partial charge in [0.15, 0.2) is 11.5 Å². The Bertz CT molecular complexity index is 701. The van der Waals surface area contributed by atoms with Crippen LogP contribution in [0.15, 0.2) is 41.4 Å². The quantitative estimate of drug-likeness (QED) is 0.547. The predicted octanol–water partition coefficient (Wildman–Crippen LogP) is 5.06. The number of rotatable bonds is 6. The Labute approximate surface area is 142 Å². The molecule has 0 heterocycles. The standard InChI is InChI=1S/C18H21ClN2O2/c1-5-21(3)12-20-15-11-17(22-4)18(10-13(15)2)23-16-9-7-6-8-14(16)19/h6-12H,5H2,1-4H3/b20-12-. The number of aryl methyl sites for hydroxylation is 1. The minimum atomic E-state index is 0.555. The Morgan fingerprint density at radius 2 is 1.91 bits per heavy atom. The lowest BCUT2D eigenvalue weighted by atomic mass is 10.2. The topological polar surface area (TPSA) is 34.1 Å². The van der Waals surface area contributed by atoms with Crippen LogP contribution in [0.4, 0.5) is 5.69 Å². The van der Waals surface area contributed by atoms with Crippen LogP contribution in [0.3, 0.4) is 0 Å². The summed E-state index contributed by atoms with van der Waals surface area (Å²) in [6.07, 6.45) is 1.80. The highest BCUT2D eigenvalue weighted by Crippen LogP contribution is 2.38. The first kappa shape index (κ1) is 17.2. The van der Waals surface area contributed by atoms with Gasteiger partial charge in [-0.05, 0) is 37.6 Å². The molecule has 0 unspecified atom stereocenters. The maximum atomic E-state index is 6.15. The average molecular weight is 333 g/mol. The van der Waals surface area contributed by atoms with Gasteiger partial charge in [-0.15, -0.1) is 0 Å². The molecule has 0 bridgehead atoms. The molecule has 2 aromatic rings. The number of halogens is 1. The molecule has 122 valence electrons. The Kier molecular flexibility index (Phi) is 5.88. The molecule has 0 spiro atoms. The zero-order valence-electron chi connectivity index (χ0n) is 13.8. The zero-order valence-corrected chi connectivity index (χ0v) is 14.6. The van der Waals surface area contributed by atoms with Gasteiger partial charge in [0, 0.05) is 19.7 Å². The summed E-state index contributed by atoms with van der Waals surface area (Å²) in [5.41, 5.74) is 1.84. The lowest BCUT2D eigenvalue weighted by molar-refractivity contribution is 0.379. The SMILES string of the molecule is CCN(C)/C=N\c1cc(OC)c(Oc2ccccc2Cl)cc1C. The third-order valence-electron chi connectivity index (χ3n) is 3.43. The number of aliphatic imine (C=N–C) groups is 1. The van der Waals surface area contributed by atoms with E-state index in [9.17, 15) is 0 Å². The van der Waals surface area contributed by atoms with Crippen LogP contribution in [0.2, 0.25) is 5.02 Å². The Balaban J connectivity index is 2.33. The van der Waals surface area contributed by atoms with Crippen molar-refractivity contribution in [3.63, 3.8) is 0 Å². The van der Waals surface area contributed by atoms with Crippen molar-refractivity contribution < 1.29 is 9.47 Å². The summed E-state index contributed by atoms with van der Waals surface area (Å²) in [7, 11) is 3.58. The smallest absolute Gasteiger partial charge is 0.169 e. The van der Waals surface area contributed by atoms with E-state index in [1.807, 2.05) is 49.2 Å². The molecule has 23 heavy (non-hydrogen) atoms. The lowest BCUT2D eigenvalue weighted by Gasteiger charge is -2.14. The van der Waals surface area contributed by atoms with Crippen molar-refractivity contribution >= 4 is 23.6 Å². The predicted molar refractivity (Wildman–Crippen MR) is 95.7 cm³/mol. The minimum absolute atomic E-state index is 0.555. The molecule has 0 aliphatic heterocycles. The summed E-state index contributed by atoms with van der Waals surface area (Å²) in [5, 5.41) is 0.555. The molecule has 0 aromatic heterocycles. The van der Waals surface area contributed by atoms with Crippen molar-refractivity contribution in [2.24, 2.45) is 4.99 Å². The van der Waals surface area contributed by atoms with Crippen molar-refractivity contribution in [2.75, 3.05) is 20.7 Å². The van der Waals surface area contributed by atoms with E-state index in [0.717, 1.165) is 17.8 Å². The van der Waals surface area contributed by atoms with Gasteiger partial charge in [0.25, 0.3) is 0 Å². The van der Waals surface area contributed by atoms with Crippen LogP contribution < -0.4 is 9.47 Å². The van der Waals surface area contributed by atoms with Gasteiger partial charge in [-0.25, -0.2) is 4.99 Å². The monoisotopic (exact) mass is 332 g/mol. The Hall–Kier alpha value is -2.20. The summed E-state index contributed by atoms with van der Waals surface area (Å²) in [5.74, 6) is 1.82. The van der Waals surface area contributed by atoms with Crippen LogP contribution in [-0.2, 0) is 0 Å². The zero-order chi connectivity index (χ0) is 16.8. The summed E-state index contributed by atoms with van der Waals surface area (Å²) in [6, 6.07) is 11.1. The van der Waals surface area contributed by atoms with E-state index in [0.29, 0.717) is 22.3 Å². The fourth-order valence-corrected chi connectivity index (χ4v) is 2.09. The maximum Gasteiger partial charge on any atom is 0.169 e. The van der Waals surface area contributed by atoms with Crippen molar-refractivity contribution in [1.29, 1.82) is 0 Å². The molecular weight excluding hydrogens is 312 g/mol. The number of hydrogen-bond acceptors (Lipinski definition) is 3. The molecular formula is C18H21ClN2O2. The molecule has 0 fully saturated rings. The van der Waals surface area contributed by atoms with E-state index in [1.165, 1.54) is 0 Å². The summed E-state index contributed by atoms with van der Waals surface area (Å²) < 4.78 is 11.3. The highest BCUT2D eigenvalue weighted by atomic mass is 35.5. The van der Waals surface area contributed by atoms with E-state index < -0.39 is 0 Å². The van der Waals surface area contributed by atoms with Crippen LogP contribution in [-0.4, -0.2) is 31.9 Å². The number of para-hydroxylation sites is 1. The van der Waals surface area contributed by atoms with Crippen molar-refractivity contribution in [3.05, 3.63) is 47.0 Å². The van der Waals surface area contributed by atoms with Crippen LogP contribution in [0.25, 0.3) is 0 Å². The summed E-state index contributed by atoms with van der Waals surface area (Å²) >= 11 is 6.15. The van der Waals surface area contributed by atoms with E-state index >= 15 is 0 Å². The highest BCUT2D eigenvalue weighted by molar-refractivity contribution is 6.32. The Morgan fingerprint density at radius 1 is 1.17 bits per heavy atom. The van der Waals surface area contributed by atoms with Crippen molar-refractivity contribution in [2.45, 2.75) is 13.8 Å². The fourth-order valence-electron chi connectivity index (χ4n) is 1.92. The molecule has 4 nitrogen and oxygen atoms in total. The summed E-state index contributed by atoms with van der Waals surface area (Å²) in [4.78, 5) is 6.49. The molecule has 0 aliphatic rings. The molecule has 0 aliphatic carbocycles. The van der Waals surface area contributed by atoms with Gasteiger partial charge >= 0.3 is 0 Å². The third-order valence-corrected chi connectivity index (χ3v) is 3.74. The maximum absolute atomic E-state index is 6.15. The average Bonchev–Trinajstić information content (AvgIpc) is 2.55. The molecule has 0 amide bonds. The number of ether oxygens (including phenoxy) is 2. The van der Waals surface area contributed by atoms with Crippen molar-refractivity contribution in [3.8, 4) is 17.2 Å². The van der Waals surface area contributed by atoms with Gasteiger partial charge in [0.2, 0.25) is 0 Å².